The van der Waals surface area contributed by atoms with Gasteiger partial charge in [-0.25, -0.2) is 0 Å². The Labute approximate surface area is 134 Å². The summed E-state index contributed by atoms with van der Waals surface area (Å²) in [6.45, 7) is -0.0358. The summed E-state index contributed by atoms with van der Waals surface area (Å²) in [7, 11) is 3.10. The summed E-state index contributed by atoms with van der Waals surface area (Å²) in [6, 6.07) is 7.36. The molecule has 1 heterocycles. The van der Waals surface area contributed by atoms with Gasteiger partial charge in [0, 0.05) is 32.1 Å². The number of likely N-dealkylation sites (tertiary alicyclic amines) is 1. The molecule has 0 unspecified atom stereocenters. The van der Waals surface area contributed by atoms with E-state index < -0.39 is 5.91 Å². The average Bonchev–Trinajstić information content (AvgIpc) is 2.87. The zero-order valence-electron chi connectivity index (χ0n) is 13.2. The second kappa shape index (κ2) is 7.73. The van der Waals surface area contributed by atoms with Gasteiger partial charge in [-0.2, -0.15) is 0 Å². The highest BCUT2D eigenvalue weighted by Crippen LogP contribution is 2.26. The second-order valence-electron chi connectivity index (χ2n) is 5.14. The van der Waals surface area contributed by atoms with Gasteiger partial charge in [0.1, 0.15) is 18.4 Å². The van der Waals surface area contributed by atoms with E-state index in [0.717, 1.165) is 10.5 Å². The molecule has 3 amide bonds. The molecule has 23 heavy (non-hydrogen) atoms. The SMILES string of the molecule is COc1ccccc1[C@@H](CNC(=O)CN1C(=O)CCC1=O)OC. The van der Waals surface area contributed by atoms with Crippen molar-refractivity contribution >= 4 is 17.7 Å². The maximum Gasteiger partial charge on any atom is 0.240 e. The van der Waals surface area contributed by atoms with Crippen LogP contribution in [0.1, 0.15) is 24.5 Å². The molecule has 0 aromatic heterocycles. The number of hydrogen-bond donors (Lipinski definition) is 1. The molecule has 2 rings (SSSR count). The molecule has 1 aliphatic heterocycles. The zero-order valence-corrected chi connectivity index (χ0v) is 13.2. The summed E-state index contributed by atoms with van der Waals surface area (Å²) in [5.41, 5.74) is 0.811. The van der Waals surface area contributed by atoms with Gasteiger partial charge < -0.3 is 14.8 Å². The van der Waals surface area contributed by atoms with Gasteiger partial charge in [0.05, 0.1) is 7.11 Å². The third-order valence-electron chi connectivity index (χ3n) is 3.71. The summed E-state index contributed by atoms with van der Waals surface area (Å²) in [4.78, 5) is 35.9. The fourth-order valence-corrected chi connectivity index (χ4v) is 2.46. The molecule has 1 aliphatic rings. The van der Waals surface area contributed by atoms with Crippen LogP contribution in [-0.2, 0) is 19.1 Å². The van der Waals surface area contributed by atoms with Crippen LogP contribution in [0.3, 0.4) is 0 Å². The minimum atomic E-state index is -0.398. The molecule has 1 atom stereocenters. The van der Waals surface area contributed by atoms with Gasteiger partial charge in [0.2, 0.25) is 17.7 Å². The van der Waals surface area contributed by atoms with E-state index in [4.69, 9.17) is 9.47 Å². The summed E-state index contributed by atoms with van der Waals surface area (Å²) >= 11 is 0. The lowest BCUT2D eigenvalue weighted by Gasteiger charge is -2.20. The minimum Gasteiger partial charge on any atom is -0.496 e. The molecule has 1 saturated heterocycles. The van der Waals surface area contributed by atoms with Crippen molar-refractivity contribution < 1.29 is 23.9 Å². The summed E-state index contributed by atoms with van der Waals surface area (Å²) in [6.07, 6.45) is -0.0396. The molecule has 0 radical (unpaired) electrons. The highest BCUT2D eigenvalue weighted by atomic mass is 16.5. The number of benzene rings is 1. The predicted octanol–water partition coefficient (Wildman–Crippen LogP) is 0.648. The molecule has 0 aliphatic carbocycles. The van der Waals surface area contributed by atoms with Crippen molar-refractivity contribution in [1.82, 2.24) is 10.2 Å². The molecule has 1 aromatic carbocycles. The first-order valence-corrected chi connectivity index (χ1v) is 7.32. The Morgan fingerprint density at radius 2 is 1.87 bits per heavy atom. The molecule has 7 heteroatoms. The van der Waals surface area contributed by atoms with Gasteiger partial charge in [0.25, 0.3) is 0 Å². The van der Waals surface area contributed by atoms with E-state index in [1.807, 2.05) is 24.3 Å². The van der Waals surface area contributed by atoms with Crippen LogP contribution in [0.4, 0.5) is 0 Å². The first-order valence-electron chi connectivity index (χ1n) is 7.32. The third kappa shape index (κ3) is 4.07. The molecule has 0 bridgehead atoms. The number of carbonyl (C=O) groups excluding carboxylic acids is 3. The van der Waals surface area contributed by atoms with E-state index in [1.165, 1.54) is 7.11 Å². The molecular formula is C16H20N2O5. The van der Waals surface area contributed by atoms with E-state index >= 15 is 0 Å². The Hall–Kier alpha value is -2.41. The first-order chi connectivity index (χ1) is 11.1. The summed E-state index contributed by atoms with van der Waals surface area (Å²) in [5.74, 6) is -0.347. The zero-order chi connectivity index (χ0) is 16.8. The number of methoxy groups -OCH3 is 2. The maximum atomic E-state index is 12.0. The quantitative estimate of drug-likeness (QED) is 0.746. The lowest BCUT2D eigenvalue weighted by Crippen LogP contribution is -2.41. The number of nitrogens with one attached hydrogen (secondary N) is 1. The number of hydrogen-bond acceptors (Lipinski definition) is 5. The van der Waals surface area contributed by atoms with Gasteiger partial charge in [-0.1, -0.05) is 18.2 Å². The van der Waals surface area contributed by atoms with Crippen LogP contribution < -0.4 is 10.1 Å². The van der Waals surface area contributed by atoms with Crippen molar-refractivity contribution in [2.45, 2.75) is 18.9 Å². The molecule has 1 fully saturated rings. The third-order valence-corrected chi connectivity index (χ3v) is 3.71. The standard InChI is InChI=1S/C16H20N2O5/c1-22-12-6-4-3-5-11(12)13(23-2)9-17-14(19)10-18-15(20)7-8-16(18)21/h3-6,13H,7-10H2,1-2H3,(H,17,19)/t13-/m1/s1. The van der Waals surface area contributed by atoms with Gasteiger partial charge >= 0.3 is 0 Å². The van der Waals surface area contributed by atoms with Gasteiger partial charge in [-0.3, -0.25) is 19.3 Å². The second-order valence-corrected chi connectivity index (χ2v) is 5.14. The normalized spacial score (nSPS) is 15.7. The number of amides is 3. The van der Waals surface area contributed by atoms with Crippen LogP contribution in [0, 0.1) is 0 Å². The smallest absolute Gasteiger partial charge is 0.240 e. The van der Waals surface area contributed by atoms with Crippen molar-refractivity contribution in [3.63, 3.8) is 0 Å². The molecule has 0 spiro atoms. The van der Waals surface area contributed by atoms with Crippen LogP contribution in [0.25, 0.3) is 0 Å². The number of para-hydroxylation sites is 1. The Balaban J connectivity index is 1.94. The van der Waals surface area contributed by atoms with E-state index in [1.54, 1.807) is 7.11 Å². The number of ether oxygens (including phenoxy) is 2. The first kappa shape index (κ1) is 17.0. The largest absolute Gasteiger partial charge is 0.496 e. The van der Waals surface area contributed by atoms with Crippen molar-refractivity contribution in [2.24, 2.45) is 0 Å². The van der Waals surface area contributed by atoms with Crippen LogP contribution in [0.5, 0.6) is 5.75 Å². The maximum absolute atomic E-state index is 12.0. The molecule has 124 valence electrons. The van der Waals surface area contributed by atoms with Crippen LogP contribution >= 0.6 is 0 Å². The van der Waals surface area contributed by atoms with Crippen molar-refractivity contribution in [1.29, 1.82) is 0 Å². The Morgan fingerprint density at radius 3 is 2.48 bits per heavy atom. The molecular weight excluding hydrogens is 300 g/mol. The molecule has 1 aromatic rings. The van der Waals surface area contributed by atoms with Crippen LogP contribution in [0.2, 0.25) is 0 Å². The number of nitrogens with zero attached hydrogens (tertiary/aromatic N) is 1. The molecule has 1 N–H and O–H groups in total. The number of carbonyl (C=O) groups is 3. The Kier molecular flexibility index (Phi) is 5.70. The van der Waals surface area contributed by atoms with Gasteiger partial charge in [-0.15, -0.1) is 0 Å². The Bertz CT molecular complexity index is 586. The Morgan fingerprint density at radius 1 is 1.22 bits per heavy atom. The van der Waals surface area contributed by atoms with Crippen LogP contribution in [0.15, 0.2) is 24.3 Å². The van der Waals surface area contributed by atoms with E-state index in [0.29, 0.717) is 5.75 Å². The highest BCUT2D eigenvalue weighted by Gasteiger charge is 2.30. The van der Waals surface area contributed by atoms with E-state index in [9.17, 15) is 14.4 Å². The monoisotopic (exact) mass is 320 g/mol. The molecule has 7 nitrogen and oxygen atoms in total. The van der Waals surface area contributed by atoms with Gasteiger partial charge in [-0.05, 0) is 6.07 Å². The fraction of sp³-hybridized carbons (Fsp3) is 0.438. The highest BCUT2D eigenvalue weighted by molar-refractivity contribution is 6.04. The fourth-order valence-electron chi connectivity index (χ4n) is 2.46. The van der Waals surface area contributed by atoms with E-state index in [2.05, 4.69) is 5.32 Å². The van der Waals surface area contributed by atoms with Crippen molar-refractivity contribution in [2.75, 3.05) is 27.3 Å². The summed E-state index contributed by atoms with van der Waals surface area (Å²) < 4.78 is 10.7. The summed E-state index contributed by atoms with van der Waals surface area (Å²) in [5, 5.41) is 2.69. The van der Waals surface area contributed by atoms with E-state index in [-0.39, 0.29) is 43.8 Å². The number of imide groups is 1. The topological polar surface area (TPSA) is 84.9 Å². The van der Waals surface area contributed by atoms with Crippen LogP contribution in [-0.4, -0.2) is 49.9 Å². The number of rotatable bonds is 7. The average molecular weight is 320 g/mol. The lowest BCUT2D eigenvalue weighted by molar-refractivity contribution is -0.142. The van der Waals surface area contributed by atoms with Gasteiger partial charge in [0.15, 0.2) is 0 Å². The predicted molar refractivity (Wildman–Crippen MR) is 81.7 cm³/mol. The van der Waals surface area contributed by atoms with Crippen molar-refractivity contribution in [3.05, 3.63) is 29.8 Å². The lowest BCUT2D eigenvalue weighted by atomic mass is 10.1. The van der Waals surface area contributed by atoms with Crippen molar-refractivity contribution in [3.8, 4) is 5.75 Å². The minimum absolute atomic E-state index is 0.175. The molecule has 0 saturated carbocycles.